The molecule has 0 aromatic heterocycles. The number of hydrogen-bond acceptors (Lipinski definition) is 3. The van der Waals surface area contributed by atoms with Crippen LogP contribution in [-0.4, -0.2) is 26.3 Å². The number of fused-ring (bicyclic) bond motifs is 1. The van der Waals surface area contributed by atoms with Crippen molar-refractivity contribution in [3.63, 3.8) is 0 Å². The van der Waals surface area contributed by atoms with E-state index in [1.165, 1.54) is 0 Å². The normalized spacial score (nSPS) is 12.8. The van der Waals surface area contributed by atoms with Crippen LogP contribution in [0.25, 0.3) is 0 Å². The summed E-state index contributed by atoms with van der Waals surface area (Å²) >= 11 is 0. The standard InChI is InChI=1S/C13H19N3O2.HI/c1-3-6-15-13(14-2)16-8-10-4-5-11-12(7-10)18-9-17-11;/h4-5,7H,3,6,8-9H2,1-2H3,(H2,14,15,16);1H. The van der Waals surface area contributed by atoms with Gasteiger partial charge in [-0.1, -0.05) is 13.0 Å². The fraction of sp³-hybridized carbons (Fsp3) is 0.462. The van der Waals surface area contributed by atoms with Gasteiger partial charge in [0.05, 0.1) is 0 Å². The van der Waals surface area contributed by atoms with Gasteiger partial charge in [0, 0.05) is 20.1 Å². The molecule has 1 heterocycles. The smallest absolute Gasteiger partial charge is 0.231 e. The van der Waals surface area contributed by atoms with Crippen molar-refractivity contribution in [2.24, 2.45) is 4.99 Å². The van der Waals surface area contributed by atoms with Crippen LogP contribution in [0.15, 0.2) is 23.2 Å². The minimum absolute atomic E-state index is 0. The van der Waals surface area contributed by atoms with Gasteiger partial charge < -0.3 is 20.1 Å². The maximum absolute atomic E-state index is 5.34. The van der Waals surface area contributed by atoms with Gasteiger partial charge in [0.1, 0.15) is 0 Å². The number of ether oxygens (including phenoxy) is 2. The molecule has 0 bridgehead atoms. The fourth-order valence-corrected chi connectivity index (χ4v) is 1.70. The number of halogens is 1. The number of guanidine groups is 1. The van der Waals surface area contributed by atoms with Gasteiger partial charge in [0.25, 0.3) is 0 Å². The Bertz CT molecular complexity index is 438. The molecule has 0 spiro atoms. The molecule has 1 aliphatic heterocycles. The van der Waals surface area contributed by atoms with E-state index in [0.717, 1.165) is 36.0 Å². The highest BCUT2D eigenvalue weighted by molar-refractivity contribution is 14.0. The lowest BCUT2D eigenvalue weighted by molar-refractivity contribution is 0.174. The lowest BCUT2D eigenvalue weighted by Crippen LogP contribution is -2.37. The van der Waals surface area contributed by atoms with Crippen molar-refractivity contribution in [2.75, 3.05) is 20.4 Å². The molecule has 0 radical (unpaired) electrons. The van der Waals surface area contributed by atoms with E-state index < -0.39 is 0 Å². The molecule has 2 N–H and O–H groups in total. The summed E-state index contributed by atoms with van der Waals surface area (Å²) in [5.41, 5.74) is 1.14. The average Bonchev–Trinajstić information content (AvgIpc) is 2.86. The van der Waals surface area contributed by atoms with Gasteiger partial charge in [-0.3, -0.25) is 4.99 Å². The van der Waals surface area contributed by atoms with E-state index in [9.17, 15) is 0 Å². The fourth-order valence-electron chi connectivity index (χ4n) is 1.70. The third-order valence-electron chi connectivity index (χ3n) is 2.66. The lowest BCUT2D eigenvalue weighted by Gasteiger charge is -2.11. The molecular formula is C13H20IN3O2. The number of benzene rings is 1. The van der Waals surface area contributed by atoms with Gasteiger partial charge in [-0.15, -0.1) is 24.0 Å². The van der Waals surface area contributed by atoms with Crippen LogP contribution in [0.4, 0.5) is 0 Å². The van der Waals surface area contributed by atoms with Gasteiger partial charge in [-0.25, -0.2) is 0 Å². The molecule has 106 valence electrons. The highest BCUT2D eigenvalue weighted by Crippen LogP contribution is 2.32. The summed E-state index contributed by atoms with van der Waals surface area (Å²) in [7, 11) is 1.77. The molecule has 1 aromatic carbocycles. The van der Waals surface area contributed by atoms with Gasteiger partial charge >= 0.3 is 0 Å². The first-order valence-corrected chi connectivity index (χ1v) is 6.16. The van der Waals surface area contributed by atoms with E-state index >= 15 is 0 Å². The second-order valence-electron chi connectivity index (χ2n) is 4.04. The number of rotatable bonds is 4. The van der Waals surface area contributed by atoms with E-state index in [0.29, 0.717) is 13.3 Å². The van der Waals surface area contributed by atoms with Crippen LogP contribution >= 0.6 is 24.0 Å². The molecule has 1 aliphatic rings. The average molecular weight is 377 g/mol. The predicted molar refractivity (Wildman–Crippen MR) is 86.5 cm³/mol. The van der Waals surface area contributed by atoms with E-state index in [1.807, 2.05) is 18.2 Å². The summed E-state index contributed by atoms with van der Waals surface area (Å²) in [6.45, 7) is 4.06. The largest absolute Gasteiger partial charge is 0.454 e. The first-order valence-electron chi connectivity index (χ1n) is 6.16. The topological polar surface area (TPSA) is 54.9 Å². The van der Waals surface area contributed by atoms with Crippen LogP contribution in [0.3, 0.4) is 0 Å². The van der Waals surface area contributed by atoms with Crippen LogP contribution in [0.5, 0.6) is 11.5 Å². The summed E-state index contributed by atoms with van der Waals surface area (Å²) < 4.78 is 10.6. The van der Waals surface area contributed by atoms with Crippen LogP contribution in [0, 0.1) is 0 Å². The van der Waals surface area contributed by atoms with E-state index in [4.69, 9.17) is 9.47 Å². The molecule has 0 saturated heterocycles. The van der Waals surface area contributed by atoms with Gasteiger partial charge in [-0.2, -0.15) is 0 Å². The zero-order valence-corrected chi connectivity index (χ0v) is 13.6. The SMILES string of the molecule is CCCNC(=NC)NCc1ccc2c(c1)OCO2.I. The third kappa shape index (κ3) is 4.45. The van der Waals surface area contributed by atoms with Crippen molar-refractivity contribution in [2.45, 2.75) is 19.9 Å². The summed E-state index contributed by atoms with van der Waals surface area (Å²) in [4.78, 5) is 4.15. The molecular weight excluding hydrogens is 357 g/mol. The van der Waals surface area contributed by atoms with Crippen molar-refractivity contribution in [1.82, 2.24) is 10.6 Å². The van der Waals surface area contributed by atoms with Crippen LogP contribution in [-0.2, 0) is 6.54 Å². The summed E-state index contributed by atoms with van der Waals surface area (Å²) in [5.74, 6) is 2.44. The second kappa shape index (κ2) is 8.08. The number of nitrogens with one attached hydrogen (secondary N) is 2. The monoisotopic (exact) mass is 377 g/mol. The minimum Gasteiger partial charge on any atom is -0.454 e. The third-order valence-corrected chi connectivity index (χ3v) is 2.66. The molecule has 0 atom stereocenters. The van der Waals surface area contributed by atoms with Crippen LogP contribution in [0.1, 0.15) is 18.9 Å². The Kier molecular flexibility index (Phi) is 6.75. The maximum Gasteiger partial charge on any atom is 0.231 e. The predicted octanol–water partition coefficient (Wildman–Crippen LogP) is 2.11. The minimum atomic E-state index is 0. The summed E-state index contributed by atoms with van der Waals surface area (Å²) in [6.07, 6.45) is 1.07. The second-order valence-corrected chi connectivity index (χ2v) is 4.04. The van der Waals surface area contributed by atoms with Crippen molar-refractivity contribution in [3.05, 3.63) is 23.8 Å². The van der Waals surface area contributed by atoms with Crippen LogP contribution in [0.2, 0.25) is 0 Å². The Morgan fingerprint density at radius 1 is 1.26 bits per heavy atom. The molecule has 0 unspecified atom stereocenters. The van der Waals surface area contributed by atoms with Crippen molar-refractivity contribution < 1.29 is 9.47 Å². The summed E-state index contributed by atoms with van der Waals surface area (Å²) in [6, 6.07) is 5.94. The maximum atomic E-state index is 5.34. The van der Waals surface area contributed by atoms with Gasteiger partial charge in [0.15, 0.2) is 17.5 Å². The lowest BCUT2D eigenvalue weighted by atomic mass is 10.2. The van der Waals surface area contributed by atoms with Crippen molar-refractivity contribution in [3.8, 4) is 11.5 Å². The first-order chi connectivity index (χ1) is 8.83. The number of hydrogen-bond donors (Lipinski definition) is 2. The zero-order chi connectivity index (χ0) is 12.8. The number of nitrogens with zero attached hydrogens (tertiary/aromatic N) is 1. The Morgan fingerprint density at radius 3 is 2.79 bits per heavy atom. The molecule has 1 aromatic rings. The molecule has 0 amide bonds. The molecule has 19 heavy (non-hydrogen) atoms. The van der Waals surface area contributed by atoms with E-state index in [1.54, 1.807) is 7.05 Å². The number of aliphatic imine (C=N–C) groups is 1. The molecule has 2 rings (SSSR count). The van der Waals surface area contributed by atoms with E-state index in [2.05, 4.69) is 22.5 Å². The highest BCUT2D eigenvalue weighted by Gasteiger charge is 2.12. The zero-order valence-electron chi connectivity index (χ0n) is 11.2. The van der Waals surface area contributed by atoms with Crippen molar-refractivity contribution >= 4 is 29.9 Å². The molecule has 5 nitrogen and oxygen atoms in total. The van der Waals surface area contributed by atoms with Gasteiger partial charge in [-0.05, 0) is 24.1 Å². The van der Waals surface area contributed by atoms with E-state index in [-0.39, 0.29) is 24.0 Å². The first kappa shape index (κ1) is 15.9. The molecule has 0 fully saturated rings. The Labute approximate surface area is 130 Å². The highest BCUT2D eigenvalue weighted by atomic mass is 127. The van der Waals surface area contributed by atoms with Gasteiger partial charge in [0.2, 0.25) is 6.79 Å². The Morgan fingerprint density at radius 2 is 2.05 bits per heavy atom. The Balaban J connectivity index is 0.00000180. The molecule has 6 heteroatoms. The summed E-state index contributed by atoms with van der Waals surface area (Å²) in [5, 5.41) is 6.48. The van der Waals surface area contributed by atoms with Crippen molar-refractivity contribution in [1.29, 1.82) is 0 Å². The Hall–Kier alpha value is -1.18. The molecule has 0 aliphatic carbocycles. The molecule has 0 saturated carbocycles. The quantitative estimate of drug-likeness (QED) is 0.480. The van der Waals surface area contributed by atoms with Crippen LogP contribution < -0.4 is 20.1 Å².